The van der Waals surface area contributed by atoms with E-state index in [0.29, 0.717) is 0 Å². The molecule has 2 aromatic rings. The van der Waals surface area contributed by atoms with Crippen molar-refractivity contribution in [2.75, 3.05) is 26.8 Å². The predicted molar refractivity (Wildman–Crippen MR) is 99.0 cm³/mol. The van der Waals surface area contributed by atoms with Crippen LogP contribution in [0.15, 0.2) is 30.3 Å². The monoisotopic (exact) mass is 343 g/mol. The first kappa shape index (κ1) is 18.0. The molecule has 1 aliphatic rings. The van der Waals surface area contributed by atoms with E-state index in [1.54, 1.807) is 7.11 Å². The number of aromatic amines is 1. The van der Waals surface area contributed by atoms with Crippen molar-refractivity contribution in [2.45, 2.75) is 45.3 Å². The van der Waals surface area contributed by atoms with E-state index in [0.717, 1.165) is 44.1 Å². The van der Waals surface area contributed by atoms with Crippen LogP contribution in [-0.4, -0.2) is 48.0 Å². The normalized spacial score (nSPS) is 19.1. The van der Waals surface area contributed by atoms with Gasteiger partial charge in [0, 0.05) is 37.2 Å². The highest BCUT2D eigenvalue weighted by Crippen LogP contribution is 2.22. The molecule has 0 radical (unpaired) electrons. The van der Waals surface area contributed by atoms with E-state index in [9.17, 15) is 0 Å². The molecule has 1 aliphatic heterocycles. The van der Waals surface area contributed by atoms with E-state index in [2.05, 4.69) is 54.1 Å². The number of methoxy groups -OCH3 is 1. The summed E-state index contributed by atoms with van der Waals surface area (Å²) in [6.45, 7) is 10.1. The second-order valence-corrected chi connectivity index (χ2v) is 7.81. The predicted octanol–water partition coefficient (Wildman–Crippen LogP) is 3.16. The molecule has 1 aromatic heterocycles. The second kappa shape index (κ2) is 7.58. The van der Waals surface area contributed by atoms with Gasteiger partial charge in [-0.05, 0) is 23.8 Å². The van der Waals surface area contributed by atoms with Gasteiger partial charge in [-0.1, -0.05) is 32.9 Å². The number of nitrogens with zero attached hydrogens (tertiary/aromatic N) is 2. The van der Waals surface area contributed by atoms with Crippen molar-refractivity contribution < 1.29 is 9.47 Å². The quantitative estimate of drug-likeness (QED) is 0.906. The number of morpholine rings is 1. The molecule has 136 valence electrons. The number of nitrogens with one attached hydrogen (secondary N) is 1. The maximum Gasteiger partial charge on any atom is 0.119 e. The summed E-state index contributed by atoms with van der Waals surface area (Å²) >= 11 is 0. The Kier molecular flexibility index (Phi) is 5.45. The number of H-pyrrole nitrogens is 1. The van der Waals surface area contributed by atoms with Crippen molar-refractivity contribution in [3.05, 3.63) is 47.3 Å². The van der Waals surface area contributed by atoms with Crippen LogP contribution >= 0.6 is 0 Å². The van der Waals surface area contributed by atoms with E-state index in [1.807, 2.05) is 12.1 Å². The van der Waals surface area contributed by atoms with Crippen LogP contribution < -0.4 is 4.74 Å². The lowest BCUT2D eigenvalue weighted by atomic mass is 9.92. The molecule has 5 nitrogen and oxygen atoms in total. The minimum absolute atomic E-state index is 0.0780. The summed E-state index contributed by atoms with van der Waals surface area (Å²) < 4.78 is 11.3. The van der Waals surface area contributed by atoms with Crippen LogP contribution in [0.1, 0.15) is 37.7 Å². The fourth-order valence-electron chi connectivity index (χ4n) is 3.18. The third-order valence-electron chi connectivity index (χ3n) is 4.61. The number of rotatable bonds is 5. The van der Waals surface area contributed by atoms with Gasteiger partial charge in [-0.3, -0.25) is 10.00 Å². The van der Waals surface area contributed by atoms with E-state index in [-0.39, 0.29) is 11.5 Å². The zero-order chi connectivity index (χ0) is 17.9. The molecule has 1 aromatic carbocycles. The molecule has 3 rings (SSSR count). The molecule has 0 spiro atoms. The molecular formula is C20H29N3O2. The van der Waals surface area contributed by atoms with Gasteiger partial charge in [-0.2, -0.15) is 5.10 Å². The van der Waals surface area contributed by atoms with Crippen LogP contribution in [0.3, 0.4) is 0 Å². The van der Waals surface area contributed by atoms with Crippen LogP contribution in [0, 0.1) is 0 Å². The van der Waals surface area contributed by atoms with Gasteiger partial charge in [0.05, 0.1) is 25.5 Å². The molecule has 5 heteroatoms. The van der Waals surface area contributed by atoms with Crippen LogP contribution in [0.25, 0.3) is 0 Å². The van der Waals surface area contributed by atoms with Crippen molar-refractivity contribution in [1.29, 1.82) is 0 Å². The molecule has 1 saturated heterocycles. The summed E-state index contributed by atoms with van der Waals surface area (Å²) in [5.41, 5.74) is 3.62. The Labute approximate surface area is 150 Å². The van der Waals surface area contributed by atoms with Crippen LogP contribution in [0.4, 0.5) is 0 Å². The first-order valence-corrected chi connectivity index (χ1v) is 8.95. The Balaban J connectivity index is 1.58. The van der Waals surface area contributed by atoms with Gasteiger partial charge in [0.1, 0.15) is 5.75 Å². The molecule has 25 heavy (non-hydrogen) atoms. The van der Waals surface area contributed by atoms with Crippen LogP contribution in [-0.2, 0) is 23.1 Å². The molecule has 0 unspecified atom stereocenters. The minimum atomic E-state index is 0.0780. The van der Waals surface area contributed by atoms with E-state index in [4.69, 9.17) is 9.47 Å². The van der Waals surface area contributed by atoms with Crippen molar-refractivity contribution in [3.63, 3.8) is 0 Å². The lowest BCUT2D eigenvalue weighted by molar-refractivity contribution is -0.0308. The molecule has 2 heterocycles. The standard InChI is InChI=1S/C20H29N3O2/c1-20(2,3)19-12-16(21-22-19)13-23-8-9-25-18(14-23)11-15-6-5-7-17(10-15)24-4/h5-7,10,12,18H,8-9,11,13-14H2,1-4H3,(H,21,22)/t18-/m1/s1. The van der Waals surface area contributed by atoms with Crippen molar-refractivity contribution in [3.8, 4) is 5.75 Å². The third-order valence-corrected chi connectivity index (χ3v) is 4.61. The van der Waals surface area contributed by atoms with Crippen molar-refractivity contribution in [2.24, 2.45) is 0 Å². The number of hydrogen-bond donors (Lipinski definition) is 1. The van der Waals surface area contributed by atoms with Gasteiger partial charge in [0.15, 0.2) is 0 Å². The molecule has 1 fully saturated rings. The van der Waals surface area contributed by atoms with Gasteiger partial charge < -0.3 is 9.47 Å². The SMILES string of the molecule is COc1cccc(C[C@@H]2CN(Cc3cc(C(C)(C)C)n[nH]3)CCO2)c1. The van der Waals surface area contributed by atoms with Crippen LogP contribution in [0.5, 0.6) is 5.75 Å². The average Bonchev–Trinajstić information content (AvgIpc) is 3.04. The third kappa shape index (κ3) is 4.83. The molecule has 0 saturated carbocycles. The minimum Gasteiger partial charge on any atom is -0.497 e. The van der Waals surface area contributed by atoms with E-state index >= 15 is 0 Å². The van der Waals surface area contributed by atoms with Gasteiger partial charge in [-0.15, -0.1) is 0 Å². The summed E-state index contributed by atoms with van der Waals surface area (Å²) in [6, 6.07) is 10.4. The molecule has 0 bridgehead atoms. The maximum atomic E-state index is 5.97. The van der Waals surface area contributed by atoms with Gasteiger partial charge in [0.2, 0.25) is 0 Å². The van der Waals surface area contributed by atoms with E-state index in [1.165, 1.54) is 11.3 Å². The number of ether oxygens (including phenoxy) is 2. The fraction of sp³-hybridized carbons (Fsp3) is 0.550. The fourth-order valence-corrected chi connectivity index (χ4v) is 3.18. The maximum absolute atomic E-state index is 5.97. The highest BCUT2D eigenvalue weighted by atomic mass is 16.5. The topological polar surface area (TPSA) is 50.4 Å². The van der Waals surface area contributed by atoms with Gasteiger partial charge in [-0.25, -0.2) is 0 Å². The highest BCUT2D eigenvalue weighted by Gasteiger charge is 2.23. The van der Waals surface area contributed by atoms with Gasteiger partial charge in [0.25, 0.3) is 0 Å². The molecule has 1 atom stereocenters. The Morgan fingerprint density at radius 3 is 2.88 bits per heavy atom. The molecule has 0 aliphatic carbocycles. The Morgan fingerprint density at radius 2 is 2.16 bits per heavy atom. The summed E-state index contributed by atoms with van der Waals surface area (Å²) in [5.74, 6) is 0.900. The summed E-state index contributed by atoms with van der Waals surface area (Å²) in [5, 5.41) is 7.65. The molecule has 1 N–H and O–H groups in total. The largest absolute Gasteiger partial charge is 0.497 e. The molecule has 0 amide bonds. The molecular weight excluding hydrogens is 314 g/mol. The summed E-state index contributed by atoms with van der Waals surface area (Å²) in [7, 11) is 1.70. The zero-order valence-electron chi connectivity index (χ0n) is 15.7. The number of benzene rings is 1. The lowest BCUT2D eigenvalue weighted by Gasteiger charge is -2.32. The first-order valence-electron chi connectivity index (χ1n) is 8.95. The zero-order valence-corrected chi connectivity index (χ0v) is 15.7. The average molecular weight is 343 g/mol. The number of aromatic nitrogens is 2. The highest BCUT2D eigenvalue weighted by molar-refractivity contribution is 5.29. The Bertz CT molecular complexity index is 690. The Morgan fingerprint density at radius 1 is 1.32 bits per heavy atom. The number of hydrogen-bond acceptors (Lipinski definition) is 4. The first-order chi connectivity index (χ1) is 11.9. The van der Waals surface area contributed by atoms with E-state index < -0.39 is 0 Å². The van der Waals surface area contributed by atoms with Gasteiger partial charge >= 0.3 is 0 Å². The van der Waals surface area contributed by atoms with Crippen molar-refractivity contribution >= 4 is 0 Å². The summed E-state index contributed by atoms with van der Waals surface area (Å²) in [6.07, 6.45) is 1.12. The lowest BCUT2D eigenvalue weighted by Crippen LogP contribution is -2.42. The van der Waals surface area contributed by atoms with Crippen LogP contribution in [0.2, 0.25) is 0 Å². The summed E-state index contributed by atoms with van der Waals surface area (Å²) in [4.78, 5) is 2.44. The smallest absolute Gasteiger partial charge is 0.119 e. The van der Waals surface area contributed by atoms with Crippen molar-refractivity contribution in [1.82, 2.24) is 15.1 Å². The Hall–Kier alpha value is -1.85. The second-order valence-electron chi connectivity index (χ2n) is 7.81.